The lowest BCUT2D eigenvalue weighted by atomic mass is 9.82. The van der Waals surface area contributed by atoms with E-state index < -0.39 is 0 Å². The fourth-order valence-corrected chi connectivity index (χ4v) is 6.29. The highest BCUT2D eigenvalue weighted by Crippen LogP contribution is 2.33. The van der Waals surface area contributed by atoms with Gasteiger partial charge in [0.1, 0.15) is 5.52 Å². The van der Waals surface area contributed by atoms with Crippen molar-refractivity contribution in [2.45, 2.75) is 83.1 Å². The molecule has 2 bridgehead atoms. The number of hydrogen-bond donors (Lipinski definition) is 1. The van der Waals surface area contributed by atoms with E-state index in [4.69, 9.17) is 14.1 Å². The number of anilines is 1. The Balaban J connectivity index is 1.33. The van der Waals surface area contributed by atoms with Gasteiger partial charge >= 0.3 is 6.09 Å². The SMILES string of the molecule is CCOC(=O)N1C[C@H](C)N(c2nc3c(C(=O)NC4CC5CCCC(C4)N5C)cccc3o2)[C@@H](C)C1. The summed E-state index contributed by atoms with van der Waals surface area (Å²) in [5.41, 5.74) is 1.73. The molecule has 3 aliphatic rings. The third-order valence-corrected chi connectivity index (χ3v) is 7.99. The zero-order valence-corrected chi connectivity index (χ0v) is 21.2. The monoisotopic (exact) mass is 483 g/mol. The van der Waals surface area contributed by atoms with Gasteiger partial charge in [-0.3, -0.25) is 4.79 Å². The Morgan fingerprint density at radius 2 is 1.83 bits per heavy atom. The predicted octanol–water partition coefficient (Wildman–Crippen LogP) is 3.63. The summed E-state index contributed by atoms with van der Waals surface area (Å²) in [6.45, 7) is 7.30. The van der Waals surface area contributed by atoms with Crippen LogP contribution in [0.5, 0.6) is 0 Å². The second kappa shape index (κ2) is 9.68. The molecule has 5 rings (SSSR count). The van der Waals surface area contributed by atoms with Crippen LogP contribution in [-0.2, 0) is 4.74 Å². The summed E-state index contributed by atoms with van der Waals surface area (Å²) < 4.78 is 11.3. The lowest BCUT2D eigenvalue weighted by molar-refractivity contribution is 0.0463. The minimum absolute atomic E-state index is 0.00728. The molecule has 190 valence electrons. The number of amides is 2. The number of piperidine rings is 2. The molecular formula is C26H37N5O4. The first-order valence-corrected chi connectivity index (χ1v) is 13.0. The Morgan fingerprint density at radius 3 is 2.49 bits per heavy atom. The number of aromatic nitrogens is 1. The molecule has 2 amide bonds. The number of piperazine rings is 1. The number of benzene rings is 1. The van der Waals surface area contributed by atoms with Gasteiger partial charge in [-0.2, -0.15) is 4.98 Å². The molecule has 9 heteroatoms. The molecular weight excluding hydrogens is 446 g/mol. The number of para-hydroxylation sites is 1. The van der Waals surface area contributed by atoms with Gasteiger partial charge in [-0.1, -0.05) is 12.5 Å². The number of oxazole rings is 1. The molecule has 1 N–H and O–H groups in total. The molecule has 0 aliphatic carbocycles. The van der Waals surface area contributed by atoms with E-state index in [-0.39, 0.29) is 30.1 Å². The number of hydrogen-bond acceptors (Lipinski definition) is 7. The molecule has 0 saturated carbocycles. The molecule has 2 unspecified atom stereocenters. The average molecular weight is 484 g/mol. The van der Waals surface area contributed by atoms with Gasteiger partial charge in [0.25, 0.3) is 11.9 Å². The Hall–Kier alpha value is -2.81. The number of fused-ring (bicyclic) bond motifs is 3. The normalized spacial score (nSPS) is 29.3. The summed E-state index contributed by atoms with van der Waals surface area (Å²) in [5.74, 6) is -0.0868. The van der Waals surface area contributed by atoms with Crippen LogP contribution in [0.4, 0.5) is 10.8 Å². The molecule has 9 nitrogen and oxygen atoms in total. The lowest BCUT2D eigenvalue weighted by Crippen LogP contribution is -2.58. The lowest BCUT2D eigenvalue weighted by Gasteiger charge is -2.47. The molecule has 35 heavy (non-hydrogen) atoms. The Labute approximate surface area is 206 Å². The maximum Gasteiger partial charge on any atom is 0.409 e. The van der Waals surface area contributed by atoms with Crippen LogP contribution in [0.25, 0.3) is 11.1 Å². The number of nitrogens with one attached hydrogen (secondary N) is 1. The van der Waals surface area contributed by atoms with Gasteiger partial charge in [0.2, 0.25) is 0 Å². The largest absolute Gasteiger partial charge is 0.450 e. The fraction of sp³-hybridized carbons (Fsp3) is 0.654. The average Bonchev–Trinajstić information content (AvgIpc) is 3.23. The van der Waals surface area contributed by atoms with Crippen LogP contribution in [0.15, 0.2) is 22.6 Å². The van der Waals surface area contributed by atoms with Gasteiger partial charge in [-0.15, -0.1) is 0 Å². The quantitative estimate of drug-likeness (QED) is 0.710. The molecule has 3 aliphatic heterocycles. The summed E-state index contributed by atoms with van der Waals surface area (Å²) >= 11 is 0. The van der Waals surface area contributed by atoms with Crippen LogP contribution in [-0.4, -0.2) is 83.7 Å². The number of rotatable bonds is 4. The second-order valence-electron chi connectivity index (χ2n) is 10.4. The van der Waals surface area contributed by atoms with E-state index >= 15 is 0 Å². The molecule has 3 saturated heterocycles. The van der Waals surface area contributed by atoms with Crippen molar-refractivity contribution < 1.29 is 18.7 Å². The van der Waals surface area contributed by atoms with Gasteiger partial charge in [0.15, 0.2) is 5.58 Å². The summed E-state index contributed by atoms with van der Waals surface area (Å²) in [5, 5.41) is 3.29. The minimum atomic E-state index is -0.291. The van der Waals surface area contributed by atoms with Gasteiger partial charge in [0, 0.05) is 43.3 Å². The zero-order chi connectivity index (χ0) is 24.7. The summed E-state index contributed by atoms with van der Waals surface area (Å²) in [7, 11) is 2.22. The van der Waals surface area contributed by atoms with Crippen molar-refractivity contribution in [3.8, 4) is 0 Å². The zero-order valence-electron chi connectivity index (χ0n) is 21.2. The van der Waals surface area contributed by atoms with Crippen molar-refractivity contribution in [1.29, 1.82) is 0 Å². The third kappa shape index (κ3) is 4.58. The Morgan fingerprint density at radius 1 is 1.14 bits per heavy atom. The van der Waals surface area contributed by atoms with Crippen molar-refractivity contribution >= 4 is 29.1 Å². The summed E-state index contributed by atoms with van der Waals surface area (Å²) in [6.07, 6.45) is 5.41. The molecule has 1 aromatic heterocycles. The van der Waals surface area contributed by atoms with Crippen molar-refractivity contribution in [1.82, 2.24) is 20.1 Å². The van der Waals surface area contributed by atoms with E-state index in [0.29, 0.717) is 54.5 Å². The highest BCUT2D eigenvalue weighted by molar-refractivity contribution is 6.04. The van der Waals surface area contributed by atoms with Gasteiger partial charge < -0.3 is 29.2 Å². The van der Waals surface area contributed by atoms with Crippen LogP contribution in [0.3, 0.4) is 0 Å². The highest BCUT2D eigenvalue weighted by Gasteiger charge is 2.38. The molecule has 3 fully saturated rings. The third-order valence-electron chi connectivity index (χ3n) is 7.99. The van der Waals surface area contributed by atoms with Crippen molar-refractivity contribution in [3.63, 3.8) is 0 Å². The standard InChI is InChI=1S/C26H37N5O4/c1-5-34-26(33)30-14-16(2)31(17(3)15-30)25-28-23-21(10-7-11-22(23)35-25)24(32)27-18-12-19-8-6-9-20(13-18)29(19)4/h7,10-11,16-20H,5-6,8-9,12-15H2,1-4H3,(H,27,32)/t16-,17-,18?,19?,20?/m0/s1. The second-order valence-corrected chi connectivity index (χ2v) is 10.4. The van der Waals surface area contributed by atoms with Gasteiger partial charge in [0.05, 0.1) is 12.2 Å². The smallest absolute Gasteiger partial charge is 0.409 e. The Bertz CT molecular complexity index is 1060. The van der Waals surface area contributed by atoms with Crippen LogP contribution < -0.4 is 10.2 Å². The van der Waals surface area contributed by atoms with Crippen LogP contribution in [0.2, 0.25) is 0 Å². The first kappa shape index (κ1) is 23.9. The van der Waals surface area contributed by atoms with Gasteiger partial charge in [-0.05, 0) is 65.6 Å². The highest BCUT2D eigenvalue weighted by atomic mass is 16.6. The van der Waals surface area contributed by atoms with E-state index in [1.165, 1.54) is 19.3 Å². The van der Waals surface area contributed by atoms with Gasteiger partial charge in [-0.25, -0.2) is 4.79 Å². The van der Waals surface area contributed by atoms with Crippen molar-refractivity contribution in [3.05, 3.63) is 23.8 Å². The number of carbonyl (C=O) groups is 2. The van der Waals surface area contributed by atoms with Crippen molar-refractivity contribution in [2.24, 2.45) is 0 Å². The minimum Gasteiger partial charge on any atom is -0.450 e. The van der Waals surface area contributed by atoms with Crippen molar-refractivity contribution in [2.75, 3.05) is 31.6 Å². The maximum absolute atomic E-state index is 13.3. The van der Waals surface area contributed by atoms with E-state index in [9.17, 15) is 9.59 Å². The van der Waals surface area contributed by atoms with E-state index in [0.717, 1.165) is 12.8 Å². The van der Waals surface area contributed by atoms with E-state index in [1.807, 2.05) is 39.0 Å². The molecule has 4 heterocycles. The van der Waals surface area contributed by atoms with Crippen LogP contribution in [0, 0.1) is 0 Å². The topological polar surface area (TPSA) is 91.1 Å². The fourth-order valence-electron chi connectivity index (χ4n) is 6.29. The van der Waals surface area contributed by atoms with Crippen LogP contribution in [0.1, 0.15) is 63.2 Å². The predicted molar refractivity (Wildman–Crippen MR) is 134 cm³/mol. The Kier molecular flexibility index (Phi) is 6.61. The first-order chi connectivity index (χ1) is 16.9. The molecule has 1 aromatic carbocycles. The van der Waals surface area contributed by atoms with Crippen LogP contribution >= 0.6 is 0 Å². The molecule has 2 aromatic rings. The van der Waals surface area contributed by atoms with E-state index in [2.05, 4.69) is 22.2 Å². The summed E-state index contributed by atoms with van der Waals surface area (Å²) in [4.78, 5) is 36.7. The maximum atomic E-state index is 13.3. The number of nitrogens with zero attached hydrogens (tertiary/aromatic N) is 4. The van der Waals surface area contributed by atoms with E-state index in [1.54, 1.807) is 4.90 Å². The summed E-state index contributed by atoms with van der Waals surface area (Å²) in [6, 6.07) is 7.29. The molecule has 0 radical (unpaired) electrons. The number of carbonyl (C=O) groups excluding carboxylic acids is 2. The molecule has 4 atom stereocenters. The molecule has 0 spiro atoms. The first-order valence-electron chi connectivity index (χ1n) is 13.0. The number of ether oxygens (including phenoxy) is 1.